The van der Waals surface area contributed by atoms with E-state index in [0.29, 0.717) is 24.3 Å². The second-order valence-electron chi connectivity index (χ2n) is 5.55. The molecule has 2 aromatic rings. The summed E-state index contributed by atoms with van der Waals surface area (Å²) in [6.45, 7) is 0.348. The summed E-state index contributed by atoms with van der Waals surface area (Å²) in [5.41, 5.74) is 6.16. The van der Waals surface area contributed by atoms with Crippen molar-refractivity contribution in [2.24, 2.45) is 5.73 Å². The van der Waals surface area contributed by atoms with Gasteiger partial charge in [-0.3, -0.25) is 19.0 Å². The molecule has 7 nitrogen and oxygen atoms in total. The highest BCUT2D eigenvalue weighted by Gasteiger charge is 2.32. The lowest BCUT2D eigenvalue weighted by atomic mass is 10.0. The van der Waals surface area contributed by atoms with E-state index in [1.807, 2.05) is 0 Å². The number of hydrogen-bond donors (Lipinski definition) is 2. The van der Waals surface area contributed by atoms with Crippen LogP contribution in [0.5, 0.6) is 0 Å². The van der Waals surface area contributed by atoms with Crippen LogP contribution >= 0.6 is 0 Å². The van der Waals surface area contributed by atoms with Crippen LogP contribution in [0.2, 0.25) is 0 Å². The molecule has 25 heavy (non-hydrogen) atoms. The van der Waals surface area contributed by atoms with Gasteiger partial charge in [0, 0.05) is 36.5 Å². The fourth-order valence-corrected chi connectivity index (χ4v) is 2.62. The van der Waals surface area contributed by atoms with Gasteiger partial charge >= 0.3 is 0 Å². The highest BCUT2D eigenvalue weighted by atomic mass is 16.5. The van der Waals surface area contributed by atoms with E-state index in [1.165, 1.54) is 10.6 Å². The highest BCUT2D eigenvalue weighted by Crippen LogP contribution is 2.14. The summed E-state index contributed by atoms with van der Waals surface area (Å²) in [4.78, 5) is 35.6. The summed E-state index contributed by atoms with van der Waals surface area (Å²) in [7, 11) is 0. The number of nitrogens with zero attached hydrogens (tertiary/aromatic N) is 1. The maximum atomic E-state index is 12.4. The van der Waals surface area contributed by atoms with Crippen molar-refractivity contribution >= 4 is 11.8 Å². The number of nitrogens with two attached hydrogens (primary N) is 1. The third kappa shape index (κ3) is 3.77. The summed E-state index contributed by atoms with van der Waals surface area (Å²) < 4.78 is 6.76. The van der Waals surface area contributed by atoms with E-state index < -0.39 is 18.1 Å². The Hall–Kier alpha value is -2.93. The van der Waals surface area contributed by atoms with Gasteiger partial charge in [-0.2, -0.15) is 0 Å². The second-order valence-corrected chi connectivity index (χ2v) is 5.55. The van der Waals surface area contributed by atoms with E-state index in [0.717, 1.165) is 0 Å². The maximum absolute atomic E-state index is 12.4. The monoisotopic (exact) mass is 339 g/mol. The van der Waals surface area contributed by atoms with Crippen LogP contribution in [0.15, 0.2) is 53.5 Å². The average Bonchev–Trinajstić information content (AvgIpc) is 2.62. The first-order chi connectivity index (χ1) is 12.1. The summed E-state index contributed by atoms with van der Waals surface area (Å²) >= 11 is 0. The van der Waals surface area contributed by atoms with Crippen LogP contribution in [0, 0.1) is 6.42 Å². The Morgan fingerprint density at radius 3 is 2.64 bits per heavy atom. The summed E-state index contributed by atoms with van der Waals surface area (Å²) in [5, 5.41) is 2.69. The number of carbonyl (C=O) groups excluding carboxylic acids is 2. The first-order valence-electron chi connectivity index (χ1n) is 7.79. The third-order valence-corrected chi connectivity index (χ3v) is 3.86. The Labute approximate surface area is 144 Å². The van der Waals surface area contributed by atoms with E-state index in [9.17, 15) is 14.4 Å². The molecule has 0 bridgehead atoms. The smallest absolute Gasteiger partial charge is 0.255 e. The fourth-order valence-electron chi connectivity index (χ4n) is 2.62. The number of aromatic nitrogens is 1. The van der Waals surface area contributed by atoms with E-state index in [4.69, 9.17) is 10.5 Å². The van der Waals surface area contributed by atoms with Gasteiger partial charge in [-0.25, -0.2) is 0 Å². The van der Waals surface area contributed by atoms with Gasteiger partial charge in [0.2, 0.25) is 5.91 Å². The second kappa shape index (κ2) is 7.31. The Bertz CT molecular complexity index is 829. The molecule has 0 aliphatic carbocycles. The lowest BCUT2D eigenvalue weighted by Gasteiger charge is -2.29. The molecule has 7 heteroatoms. The van der Waals surface area contributed by atoms with Crippen LogP contribution in [-0.4, -0.2) is 35.1 Å². The molecule has 2 heterocycles. The molecule has 1 saturated heterocycles. The Balaban J connectivity index is 1.74. The van der Waals surface area contributed by atoms with Gasteiger partial charge in [0.05, 0.1) is 6.04 Å². The summed E-state index contributed by atoms with van der Waals surface area (Å²) in [6, 6.07) is 10.7. The zero-order chi connectivity index (χ0) is 17.8. The zero-order valence-electron chi connectivity index (χ0n) is 13.3. The number of nitrogens with one attached hydrogen (secondary N) is 1. The van der Waals surface area contributed by atoms with Crippen LogP contribution in [0.25, 0.3) is 5.69 Å². The first-order valence-corrected chi connectivity index (χ1v) is 7.79. The number of benzene rings is 1. The molecule has 1 aliphatic rings. The van der Waals surface area contributed by atoms with Crippen molar-refractivity contribution in [1.82, 2.24) is 9.88 Å². The number of primary amides is 1. The van der Waals surface area contributed by atoms with Crippen LogP contribution < -0.4 is 16.6 Å². The molecular weight excluding hydrogens is 322 g/mol. The highest BCUT2D eigenvalue weighted by molar-refractivity contribution is 5.95. The van der Waals surface area contributed by atoms with Crippen molar-refractivity contribution in [3.05, 3.63) is 71.0 Å². The number of carbonyl (C=O) groups is 2. The lowest BCUT2D eigenvalue weighted by Crippen LogP contribution is -2.53. The molecule has 1 aromatic carbocycles. The Kier molecular flexibility index (Phi) is 4.95. The molecule has 2 atom stereocenters. The van der Waals surface area contributed by atoms with E-state index >= 15 is 0 Å². The van der Waals surface area contributed by atoms with E-state index in [1.54, 1.807) is 42.6 Å². The minimum atomic E-state index is -0.917. The average molecular weight is 339 g/mol. The SMILES string of the molecule is NC(=O)C1OCC[C]C1NC(=O)c1ccc(-n2ccccc2=O)cc1. The fraction of sp³-hybridized carbons (Fsp3) is 0.222. The van der Waals surface area contributed by atoms with Crippen molar-refractivity contribution in [1.29, 1.82) is 0 Å². The van der Waals surface area contributed by atoms with Gasteiger partial charge < -0.3 is 15.8 Å². The number of rotatable bonds is 4. The molecule has 2 radical (unpaired) electrons. The maximum Gasteiger partial charge on any atom is 0.255 e. The number of ether oxygens (including phenoxy) is 1. The van der Waals surface area contributed by atoms with Crippen LogP contribution in [0.1, 0.15) is 16.8 Å². The molecule has 3 N–H and O–H groups in total. The molecular formula is C18H17N3O4. The van der Waals surface area contributed by atoms with Crippen molar-refractivity contribution in [3.8, 4) is 5.69 Å². The van der Waals surface area contributed by atoms with Crippen molar-refractivity contribution in [3.63, 3.8) is 0 Å². The quantitative estimate of drug-likeness (QED) is 0.835. The van der Waals surface area contributed by atoms with E-state index in [-0.39, 0.29) is 11.5 Å². The normalized spacial score (nSPS) is 20.0. The topological polar surface area (TPSA) is 103 Å². The molecule has 1 aliphatic heterocycles. The van der Waals surface area contributed by atoms with Gasteiger partial charge in [0.1, 0.15) is 0 Å². The summed E-state index contributed by atoms with van der Waals surface area (Å²) in [5.74, 6) is -1.02. The zero-order valence-corrected chi connectivity index (χ0v) is 13.3. The Morgan fingerprint density at radius 1 is 1.20 bits per heavy atom. The van der Waals surface area contributed by atoms with Crippen molar-refractivity contribution in [2.75, 3.05) is 6.61 Å². The van der Waals surface area contributed by atoms with E-state index in [2.05, 4.69) is 11.7 Å². The first kappa shape index (κ1) is 16.9. The minimum Gasteiger partial charge on any atom is -0.367 e. The van der Waals surface area contributed by atoms with Crippen LogP contribution in [0.3, 0.4) is 0 Å². The van der Waals surface area contributed by atoms with Crippen LogP contribution in [0.4, 0.5) is 0 Å². The standard InChI is InChI=1S/C18H17N3O4/c19-17(23)16-14(4-3-11-25-16)20-18(24)12-6-8-13(9-7-12)21-10-2-1-5-15(21)22/h1-2,5-10,14,16H,3,11H2,(H2,19,23)(H,20,24). The molecule has 0 spiro atoms. The van der Waals surface area contributed by atoms with Gasteiger partial charge in [-0.05, 0) is 36.8 Å². The molecule has 1 fully saturated rings. The number of hydrogen-bond acceptors (Lipinski definition) is 4. The number of amides is 2. The van der Waals surface area contributed by atoms with Gasteiger partial charge in [0.15, 0.2) is 6.10 Å². The van der Waals surface area contributed by atoms with Gasteiger partial charge in [-0.15, -0.1) is 0 Å². The van der Waals surface area contributed by atoms with Gasteiger partial charge in [0.25, 0.3) is 11.5 Å². The minimum absolute atomic E-state index is 0.160. The molecule has 2 unspecified atom stereocenters. The molecule has 1 aromatic heterocycles. The molecule has 0 saturated carbocycles. The van der Waals surface area contributed by atoms with Crippen LogP contribution in [-0.2, 0) is 9.53 Å². The third-order valence-electron chi connectivity index (χ3n) is 3.86. The molecule has 2 amide bonds. The largest absolute Gasteiger partial charge is 0.367 e. The molecule has 3 rings (SSSR count). The predicted octanol–water partition coefficient (Wildman–Crippen LogP) is 0.291. The molecule has 128 valence electrons. The Morgan fingerprint density at radius 2 is 1.96 bits per heavy atom. The lowest BCUT2D eigenvalue weighted by molar-refractivity contribution is -0.132. The summed E-state index contributed by atoms with van der Waals surface area (Å²) in [6.07, 6.45) is 4.23. The van der Waals surface area contributed by atoms with Gasteiger partial charge in [-0.1, -0.05) is 6.07 Å². The van der Waals surface area contributed by atoms with Crippen molar-refractivity contribution < 1.29 is 14.3 Å². The van der Waals surface area contributed by atoms with Crippen molar-refractivity contribution in [2.45, 2.75) is 18.6 Å². The predicted molar refractivity (Wildman–Crippen MR) is 90.1 cm³/mol. The number of pyridine rings is 1.